The Morgan fingerprint density at radius 3 is 2.00 bits per heavy atom. The first kappa shape index (κ1) is 23.8. The van der Waals surface area contributed by atoms with Crippen LogP contribution in [0.15, 0.2) is 34.3 Å². The summed E-state index contributed by atoms with van der Waals surface area (Å²) in [5, 5.41) is 10.9. The molecule has 0 radical (unpaired) electrons. The molecule has 8 nitrogen and oxygen atoms in total. The fourth-order valence-corrected chi connectivity index (χ4v) is 3.36. The van der Waals surface area contributed by atoms with Crippen LogP contribution in [0, 0.1) is 10.1 Å². The number of nitrogen functional groups attached to an aromatic ring is 1. The predicted octanol–water partition coefficient (Wildman–Crippen LogP) is 4.74. The number of hydrogen-bond donors (Lipinski definition) is 1. The Kier molecular flexibility index (Phi) is 8.70. The number of halogens is 2. The van der Waals surface area contributed by atoms with Crippen molar-refractivity contribution in [3.8, 4) is 11.5 Å². The third-order valence-corrected chi connectivity index (χ3v) is 5.28. The molecule has 2 aliphatic rings. The minimum absolute atomic E-state index is 0.0216. The summed E-state index contributed by atoms with van der Waals surface area (Å²) < 4.78 is 10.9. The highest BCUT2D eigenvalue weighted by molar-refractivity contribution is 6.18. The van der Waals surface area contributed by atoms with E-state index in [1.165, 1.54) is 11.6 Å². The molecule has 2 N–H and O–H groups in total. The van der Waals surface area contributed by atoms with Crippen molar-refractivity contribution in [3.63, 3.8) is 0 Å². The van der Waals surface area contributed by atoms with Crippen molar-refractivity contribution in [1.29, 1.82) is 0 Å². The zero-order chi connectivity index (χ0) is 22.9. The molecule has 0 spiro atoms. The van der Waals surface area contributed by atoms with E-state index < -0.39 is 4.92 Å². The van der Waals surface area contributed by atoms with E-state index in [9.17, 15) is 10.1 Å². The highest BCUT2D eigenvalue weighted by Gasteiger charge is 2.20. The molecular weight excluding hydrogens is 455 g/mol. The molecule has 0 bridgehead atoms. The molecule has 0 unspecified atom stereocenters. The van der Waals surface area contributed by atoms with E-state index in [1.807, 2.05) is 18.3 Å². The van der Waals surface area contributed by atoms with Crippen molar-refractivity contribution >= 4 is 47.0 Å². The molecule has 0 fully saturated rings. The third-order valence-electron chi connectivity index (χ3n) is 4.74. The van der Waals surface area contributed by atoms with Gasteiger partial charge in [-0.15, -0.1) is 23.2 Å². The van der Waals surface area contributed by atoms with Gasteiger partial charge in [-0.05, 0) is 47.7 Å². The summed E-state index contributed by atoms with van der Waals surface area (Å²) in [4.78, 5) is 18.7. The Morgan fingerprint density at radius 1 is 0.906 bits per heavy atom. The van der Waals surface area contributed by atoms with Crippen LogP contribution in [0.3, 0.4) is 0 Å². The highest BCUT2D eigenvalue weighted by atomic mass is 35.5. The highest BCUT2D eigenvalue weighted by Crippen LogP contribution is 2.32. The van der Waals surface area contributed by atoms with Crippen LogP contribution in [0.25, 0.3) is 0 Å². The van der Waals surface area contributed by atoms with Crippen LogP contribution in [0.4, 0.5) is 11.4 Å². The van der Waals surface area contributed by atoms with E-state index in [4.69, 9.17) is 38.4 Å². The molecule has 0 saturated carbocycles. The number of alkyl halides is 2. The van der Waals surface area contributed by atoms with Gasteiger partial charge < -0.3 is 15.2 Å². The van der Waals surface area contributed by atoms with Gasteiger partial charge in [0.05, 0.1) is 36.9 Å². The fraction of sp³-hybridized carbons (Fsp3) is 0.364. The van der Waals surface area contributed by atoms with Crippen LogP contribution in [-0.2, 0) is 13.1 Å². The number of benzene rings is 2. The Hall–Kier alpha value is -2.84. The van der Waals surface area contributed by atoms with Crippen molar-refractivity contribution < 1.29 is 14.4 Å². The van der Waals surface area contributed by atoms with Gasteiger partial charge in [-0.25, -0.2) is 0 Å². The second-order valence-electron chi connectivity index (χ2n) is 7.09. The van der Waals surface area contributed by atoms with Crippen molar-refractivity contribution in [2.24, 2.45) is 9.98 Å². The fourth-order valence-electron chi connectivity index (χ4n) is 3.14. The van der Waals surface area contributed by atoms with Gasteiger partial charge >= 0.3 is 5.69 Å². The smallest absolute Gasteiger partial charge is 0.311 e. The minimum Gasteiger partial charge on any atom is -0.491 e. The molecule has 4 rings (SSSR count). The number of nitro groups is 1. The second-order valence-corrected chi connectivity index (χ2v) is 7.84. The molecule has 0 saturated heterocycles. The second kappa shape index (κ2) is 11.7. The van der Waals surface area contributed by atoms with Crippen molar-refractivity contribution in [2.45, 2.75) is 25.9 Å². The summed E-state index contributed by atoms with van der Waals surface area (Å²) >= 11 is 11.1. The lowest BCUT2D eigenvalue weighted by Gasteiger charge is -2.09. The molecule has 0 aromatic heterocycles. The van der Waals surface area contributed by atoms with E-state index in [-0.39, 0.29) is 5.69 Å². The Balaban J connectivity index is 0.000000182. The van der Waals surface area contributed by atoms with Crippen LogP contribution < -0.4 is 15.2 Å². The molecule has 10 heteroatoms. The lowest BCUT2D eigenvalue weighted by atomic mass is 10.1. The standard InChI is InChI=1S/C11H11ClN2O3.C11H13ClN2O/c12-2-1-3-17-11-5-9-7-13-6-8(9)4-10(11)14(15)16;12-2-1-3-15-11-5-9-7-14-6-8(9)4-10(11)13/h4-6H,1-3,7H2;4-6H,1-3,7,13H2. The zero-order valence-corrected chi connectivity index (χ0v) is 18.9. The van der Waals surface area contributed by atoms with Crippen LogP contribution in [0.5, 0.6) is 11.5 Å². The summed E-state index contributed by atoms with van der Waals surface area (Å²) in [6.07, 6.45) is 4.97. The number of nitrogens with two attached hydrogens (primary N) is 1. The first-order valence-corrected chi connectivity index (χ1v) is 11.2. The summed E-state index contributed by atoms with van der Waals surface area (Å²) in [6, 6.07) is 7.06. The van der Waals surface area contributed by atoms with Crippen LogP contribution in [-0.4, -0.2) is 42.3 Å². The van der Waals surface area contributed by atoms with Crippen LogP contribution in [0.1, 0.15) is 35.1 Å². The average molecular weight is 479 g/mol. The topological polar surface area (TPSA) is 112 Å². The van der Waals surface area contributed by atoms with Gasteiger partial charge in [0.15, 0.2) is 5.75 Å². The number of nitrogens with zero attached hydrogens (tertiary/aromatic N) is 3. The normalized spacial score (nSPS) is 12.7. The van der Waals surface area contributed by atoms with Crippen molar-refractivity contribution in [2.75, 3.05) is 30.7 Å². The number of hydrogen-bond acceptors (Lipinski definition) is 7. The number of fused-ring (bicyclic) bond motifs is 2. The molecule has 2 heterocycles. The third kappa shape index (κ3) is 6.11. The molecule has 2 aliphatic heterocycles. The number of ether oxygens (including phenoxy) is 2. The van der Waals surface area contributed by atoms with Gasteiger partial charge in [-0.3, -0.25) is 20.1 Å². The molecule has 0 atom stereocenters. The van der Waals surface area contributed by atoms with E-state index in [0.29, 0.717) is 49.4 Å². The van der Waals surface area contributed by atoms with E-state index in [2.05, 4.69) is 9.98 Å². The molecule has 0 amide bonds. The van der Waals surface area contributed by atoms with Crippen molar-refractivity contribution in [1.82, 2.24) is 0 Å². The number of anilines is 1. The summed E-state index contributed by atoms with van der Waals surface area (Å²) in [5.74, 6) is 2.12. The first-order valence-electron chi connectivity index (χ1n) is 10.1. The summed E-state index contributed by atoms with van der Waals surface area (Å²) in [6.45, 7) is 2.26. The molecule has 32 heavy (non-hydrogen) atoms. The molecular formula is C22H24Cl2N4O4. The summed E-state index contributed by atoms with van der Waals surface area (Å²) in [7, 11) is 0. The van der Waals surface area contributed by atoms with Gasteiger partial charge in [0.1, 0.15) is 5.75 Å². The lowest BCUT2D eigenvalue weighted by Crippen LogP contribution is -2.02. The average Bonchev–Trinajstić information content (AvgIpc) is 3.42. The Labute approximate surface area is 196 Å². The Morgan fingerprint density at radius 2 is 1.44 bits per heavy atom. The van der Waals surface area contributed by atoms with E-state index in [1.54, 1.807) is 12.3 Å². The molecule has 0 aliphatic carbocycles. The Bertz CT molecular complexity index is 1030. The SMILES string of the molecule is Nc1cc2c(cc1OCCCCl)CN=C2.O=[N+]([O-])c1cc2c(cc1OCCCCl)CN=C2. The largest absolute Gasteiger partial charge is 0.491 e. The monoisotopic (exact) mass is 478 g/mol. The van der Waals surface area contributed by atoms with E-state index >= 15 is 0 Å². The molecule has 170 valence electrons. The lowest BCUT2D eigenvalue weighted by molar-refractivity contribution is -0.385. The maximum Gasteiger partial charge on any atom is 0.311 e. The predicted molar refractivity (Wildman–Crippen MR) is 128 cm³/mol. The van der Waals surface area contributed by atoms with Gasteiger partial charge in [-0.1, -0.05) is 0 Å². The van der Waals surface area contributed by atoms with E-state index in [0.717, 1.165) is 35.4 Å². The van der Waals surface area contributed by atoms with Gasteiger partial charge in [0.25, 0.3) is 0 Å². The number of rotatable bonds is 9. The van der Waals surface area contributed by atoms with Gasteiger partial charge in [-0.2, -0.15) is 0 Å². The quantitative estimate of drug-likeness (QED) is 0.184. The van der Waals surface area contributed by atoms with Crippen LogP contribution in [0.2, 0.25) is 0 Å². The van der Waals surface area contributed by atoms with Gasteiger partial charge in [0, 0.05) is 35.8 Å². The minimum atomic E-state index is -0.442. The molecule has 2 aromatic carbocycles. The molecule has 2 aromatic rings. The maximum absolute atomic E-state index is 10.9. The van der Waals surface area contributed by atoms with Crippen molar-refractivity contribution in [3.05, 3.63) is 56.6 Å². The van der Waals surface area contributed by atoms with Crippen LogP contribution >= 0.6 is 23.2 Å². The van der Waals surface area contributed by atoms with Gasteiger partial charge in [0.2, 0.25) is 0 Å². The number of aliphatic imine (C=N–C) groups is 2. The first-order chi connectivity index (χ1) is 15.5. The zero-order valence-electron chi connectivity index (χ0n) is 17.4. The maximum atomic E-state index is 10.9. The number of nitro benzene ring substituents is 1. The summed E-state index contributed by atoms with van der Waals surface area (Å²) in [5.41, 5.74) is 10.5.